The fraction of sp³-hybridized carbons (Fsp3) is 0.375. The van der Waals surface area contributed by atoms with E-state index in [1.807, 2.05) is 4.57 Å². The number of fused-ring (bicyclic) bond motifs is 1. The second-order valence-corrected chi connectivity index (χ2v) is 3.29. The number of hydrogen-bond donors (Lipinski definition) is 1. The van der Waals surface area contributed by atoms with Gasteiger partial charge in [0.1, 0.15) is 0 Å². The van der Waals surface area contributed by atoms with Crippen molar-refractivity contribution in [3.05, 3.63) is 23.0 Å². The fourth-order valence-corrected chi connectivity index (χ4v) is 1.51. The highest BCUT2D eigenvalue weighted by molar-refractivity contribution is 5.69. The summed E-state index contributed by atoms with van der Waals surface area (Å²) in [7, 11) is 0. The normalized spacial score (nSPS) is 16.6. The van der Waals surface area contributed by atoms with Gasteiger partial charge in [-0.3, -0.25) is 4.79 Å². The van der Waals surface area contributed by atoms with E-state index in [0.717, 1.165) is 12.8 Å². The Morgan fingerprint density at radius 1 is 1.46 bits per heavy atom. The highest BCUT2D eigenvalue weighted by Crippen LogP contribution is 2.35. The van der Waals surface area contributed by atoms with Crippen LogP contribution in [0, 0.1) is 0 Å². The van der Waals surface area contributed by atoms with Crippen LogP contribution in [0.15, 0.2) is 17.4 Å². The predicted molar refractivity (Wildman–Crippen MR) is 46.4 cm³/mol. The lowest BCUT2D eigenvalue weighted by Gasteiger charge is -1.97. The van der Waals surface area contributed by atoms with Gasteiger partial charge in [-0.1, -0.05) is 0 Å². The van der Waals surface area contributed by atoms with Gasteiger partial charge in [-0.05, 0) is 12.8 Å². The molecule has 0 unspecified atom stereocenters. The minimum absolute atomic E-state index is 0.102. The van der Waals surface area contributed by atoms with E-state index in [9.17, 15) is 4.79 Å². The molecule has 0 spiro atoms. The average molecular weight is 176 g/mol. The van der Waals surface area contributed by atoms with Crippen LogP contribution >= 0.6 is 0 Å². The average Bonchev–Trinajstić information content (AvgIpc) is 2.87. The van der Waals surface area contributed by atoms with Gasteiger partial charge < -0.3 is 9.55 Å². The van der Waals surface area contributed by atoms with Crippen LogP contribution in [0.1, 0.15) is 18.9 Å². The number of hydrogen-bond acceptors (Lipinski definition) is 3. The number of rotatable bonds is 1. The molecular weight excluding hydrogens is 168 g/mol. The van der Waals surface area contributed by atoms with Gasteiger partial charge in [0.15, 0.2) is 11.2 Å². The van der Waals surface area contributed by atoms with Gasteiger partial charge in [-0.15, -0.1) is 0 Å². The number of aromatic nitrogens is 4. The first kappa shape index (κ1) is 6.82. The molecule has 0 amide bonds. The van der Waals surface area contributed by atoms with Gasteiger partial charge in [-0.25, -0.2) is 9.97 Å². The molecule has 2 aromatic rings. The van der Waals surface area contributed by atoms with E-state index in [4.69, 9.17) is 0 Å². The Bertz CT molecular complexity index is 508. The number of imidazole rings is 1. The summed E-state index contributed by atoms with van der Waals surface area (Å²) in [4.78, 5) is 22.1. The Balaban J connectivity index is 2.41. The van der Waals surface area contributed by atoms with E-state index in [1.165, 1.54) is 6.33 Å². The van der Waals surface area contributed by atoms with Crippen LogP contribution in [0.4, 0.5) is 0 Å². The molecule has 0 bridgehead atoms. The van der Waals surface area contributed by atoms with Gasteiger partial charge in [-0.2, -0.15) is 0 Å². The summed E-state index contributed by atoms with van der Waals surface area (Å²) in [6.45, 7) is 0. The van der Waals surface area contributed by atoms with Crippen molar-refractivity contribution in [2.75, 3.05) is 0 Å². The lowest BCUT2D eigenvalue weighted by molar-refractivity contribution is 0.762. The van der Waals surface area contributed by atoms with E-state index in [1.54, 1.807) is 6.33 Å². The first-order valence-electron chi connectivity index (χ1n) is 4.26. The first-order valence-corrected chi connectivity index (χ1v) is 4.26. The Kier molecular flexibility index (Phi) is 1.15. The summed E-state index contributed by atoms with van der Waals surface area (Å²) < 4.78 is 1.92. The molecule has 1 fully saturated rings. The molecule has 13 heavy (non-hydrogen) atoms. The molecule has 0 aliphatic heterocycles. The summed E-state index contributed by atoms with van der Waals surface area (Å²) in [6.07, 6.45) is 5.36. The molecular formula is C8H8N4O. The number of H-pyrrole nitrogens is 1. The minimum Gasteiger partial charge on any atom is -0.322 e. The summed E-state index contributed by atoms with van der Waals surface area (Å²) in [5, 5.41) is 0. The molecule has 5 nitrogen and oxygen atoms in total. The zero-order chi connectivity index (χ0) is 8.84. The third-order valence-corrected chi connectivity index (χ3v) is 2.31. The lowest BCUT2D eigenvalue weighted by Crippen LogP contribution is -2.10. The Hall–Kier alpha value is -1.65. The molecule has 0 saturated heterocycles. The maximum Gasteiger partial charge on any atom is 0.276 e. The fourth-order valence-electron chi connectivity index (χ4n) is 1.51. The van der Waals surface area contributed by atoms with Crippen LogP contribution < -0.4 is 5.56 Å². The van der Waals surface area contributed by atoms with E-state index in [-0.39, 0.29) is 5.56 Å². The van der Waals surface area contributed by atoms with Crippen molar-refractivity contribution in [1.29, 1.82) is 0 Å². The molecule has 1 saturated carbocycles. The summed E-state index contributed by atoms with van der Waals surface area (Å²) in [5.41, 5.74) is 1.04. The molecule has 1 N–H and O–H groups in total. The summed E-state index contributed by atoms with van der Waals surface area (Å²) in [5.74, 6) is 0. The standard InChI is InChI=1S/C8H8N4O/c13-8-6-7(9-3-10-8)11-4-12(6)5-1-2-5/h3-5H,1-2H2,(H,9,10,13). The van der Waals surface area contributed by atoms with Crippen molar-refractivity contribution in [1.82, 2.24) is 19.5 Å². The highest BCUT2D eigenvalue weighted by atomic mass is 16.1. The van der Waals surface area contributed by atoms with Crippen molar-refractivity contribution in [2.45, 2.75) is 18.9 Å². The maximum absolute atomic E-state index is 11.4. The summed E-state index contributed by atoms with van der Waals surface area (Å²) in [6, 6.07) is 0.468. The van der Waals surface area contributed by atoms with Crippen molar-refractivity contribution >= 4 is 11.2 Å². The molecule has 0 aromatic carbocycles. The van der Waals surface area contributed by atoms with Gasteiger partial charge >= 0.3 is 0 Å². The van der Waals surface area contributed by atoms with Gasteiger partial charge in [0.2, 0.25) is 0 Å². The minimum atomic E-state index is -0.102. The lowest BCUT2D eigenvalue weighted by atomic mass is 10.5. The van der Waals surface area contributed by atoms with Crippen LogP contribution in [-0.2, 0) is 0 Å². The van der Waals surface area contributed by atoms with E-state index in [0.29, 0.717) is 17.2 Å². The molecule has 1 aliphatic carbocycles. The topological polar surface area (TPSA) is 63.6 Å². The number of aromatic amines is 1. The molecule has 66 valence electrons. The van der Waals surface area contributed by atoms with Gasteiger partial charge in [0.25, 0.3) is 5.56 Å². The number of nitrogens with one attached hydrogen (secondary N) is 1. The Morgan fingerprint density at radius 3 is 3.08 bits per heavy atom. The molecule has 0 atom stereocenters. The SMILES string of the molecule is O=c1[nH]cnc2ncn(C3CC3)c12. The molecule has 2 aromatic heterocycles. The maximum atomic E-state index is 11.4. The van der Waals surface area contributed by atoms with Crippen LogP contribution in [0.3, 0.4) is 0 Å². The van der Waals surface area contributed by atoms with Crippen LogP contribution in [0.25, 0.3) is 11.2 Å². The smallest absolute Gasteiger partial charge is 0.276 e. The van der Waals surface area contributed by atoms with Crippen molar-refractivity contribution in [3.63, 3.8) is 0 Å². The molecule has 3 rings (SSSR count). The van der Waals surface area contributed by atoms with Gasteiger partial charge in [0, 0.05) is 6.04 Å². The predicted octanol–water partition coefficient (Wildman–Crippen LogP) is 0.455. The van der Waals surface area contributed by atoms with Crippen molar-refractivity contribution in [2.24, 2.45) is 0 Å². The van der Waals surface area contributed by atoms with Crippen LogP contribution in [0.2, 0.25) is 0 Å². The van der Waals surface area contributed by atoms with Crippen molar-refractivity contribution in [3.8, 4) is 0 Å². The van der Waals surface area contributed by atoms with E-state index < -0.39 is 0 Å². The third kappa shape index (κ3) is 0.898. The van der Waals surface area contributed by atoms with Crippen LogP contribution in [-0.4, -0.2) is 19.5 Å². The van der Waals surface area contributed by atoms with Gasteiger partial charge in [0.05, 0.1) is 12.7 Å². The third-order valence-electron chi connectivity index (χ3n) is 2.31. The monoisotopic (exact) mass is 176 g/mol. The van der Waals surface area contributed by atoms with Crippen molar-refractivity contribution < 1.29 is 0 Å². The molecule has 5 heteroatoms. The van der Waals surface area contributed by atoms with Crippen LogP contribution in [0.5, 0.6) is 0 Å². The molecule has 1 aliphatic rings. The van der Waals surface area contributed by atoms with E-state index in [2.05, 4.69) is 15.0 Å². The largest absolute Gasteiger partial charge is 0.322 e. The first-order chi connectivity index (χ1) is 6.36. The highest BCUT2D eigenvalue weighted by Gasteiger charge is 2.26. The summed E-state index contributed by atoms with van der Waals surface area (Å²) >= 11 is 0. The zero-order valence-electron chi connectivity index (χ0n) is 6.90. The Labute approximate surface area is 73.4 Å². The Morgan fingerprint density at radius 2 is 2.31 bits per heavy atom. The second kappa shape index (κ2) is 2.18. The zero-order valence-corrected chi connectivity index (χ0v) is 6.90. The number of nitrogens with zero attached hydrogens (tertiary/aromatic N) is 3. The second-order valence-electron chi connectivity index (χ2n) is 3.29. The molecule has 2 heterocycles. The van der Waals surface area contributed by atoms with E-state index >= 15 is 0 Å². The quantitative estimate of drug-likeness (QED) is 0.686. The molecule has 0 radical (unpaired) electrons.